The monoisotopic (exact) mass is 295 g/mol. The van der Waals surface area contributed by atoms with E-state index in [1.165, 1.54) is 0 Å². The molecular weight excluding hydrogens is 273 g/mol. The zero-order valence-corrected chi connectivity index (χ0v) is 12.2. The number of aromatic nitrogens is 2. The van der Waals surface area contributed by atoms with Crippen LogP contribution >= 0.6 is 0 Å². The fourth-order valence-corrected chi connectivity index (χ4v) is 2.27. The van der Waals surface area contributed by atoms with E-state index in [1.807, 2.05) is 6.08 Å². The molecule has 1 atom stereocenters. The Bertz CT molecular complexity index is 419. The topological polar surface area (TPSA) is 47.5 Å². The van der Waals surface area contributed by atoms with Gasteiger partial charge in [0.05, 0.1) is 19.0 Å². The molecule has 0 N–H and O–H groups in total. The Morgan fingerprint density at radius 2 is 2.19 bits per heavy atom. The first-order chi connectivity index (χ1) is 10.3. The molecule has 2 rings (SSSR count). The van der Waals surface area contributed by atoms with Crippen LogP contribution in [-0.2, 0) is 4.74 Å². The molecule has 5 nitrogen and oxygen atoms in total. The van der Waals surface area contributed by atoms with E-state index in [0.29, 0.717) is 0 Å². The Labute approximate surface area is 124 Å². The molecule has 6 heteroatoms. The van der Waals surface area contributed by atoms with Gasteiger partial charge in [0.25, 0.3) is 0 Å². The highest BCUT2D eigenvalue weighted by molar-refractivity contribution is 4.96. The minimum absolute atomic E-state index is 0.0356. The van der Waals surface area contributed by atoms with Gasteiger partial charge in [-0.25, -0.2) is 14.4 Å². The molecule has 0 bridgehead atoms. The summed E-state index contributed by atoms with van der Waals surface area (Å²) in [6.07, 6.45) is 6.79. The van der Waals surface area contributed by atoms with Gasteiger partial charge in [-0.3, -0.25) is 4.90 Å². The van der Waals surface area contributed by atoms with Crippen molar-refractivity contribution < 1.29 is 13.9 Å². The second-order valence-corrected chi connectivity index (χ2v) is 5.06. The van der Waals surface area contributed by atoms with E-state index in [4.69, 9.17) is 9.47 Å². The molecular formula is C15H22FN3O2. The average molecular weight is 295 g/mol. The van der Waals surface area contributed by atoms with Gasteiger partial charge in [-0.05, 0) is 19.3 Å². The van der Waals surface area contributed by atoms with Crippen LogP contribution in [0, 0.1) is 5.82 Å². The molecule has 1 aliphatic heterocycles. The minimum Gasteiger partial charge on any atom is -0.459 e. The highest BCUT2D eigenvalue weighted by Crippen LogP contribution is 2.11. The van der Waals surface area contributed by atoms with Gasteiger partial charge >= 0.3 is 6.01 Å². The fraction of sp³-hybridized carbons (Fsp3) is 0.600. The van der Waals surface area contributed by atoms with Crippen LogP contribution < -0.4 is 4.74 Å². The lowest BCUT2D eigenvalue weighted by Gasteiger charge is -2.25. The van der Waals surface area contributed by atoms with Crippen molar-refractivity contribution in [1.82, 2.24) is 14.9 Å². The SMILES string of the molecule is C=CCC[C@H](CN1CCCOCC1)Oc1ncc(F)cn1. The van der Waals surface area contributed by atoms with E-state index in [1.54, 1.807) is 0 Å². The van der Waals surface area contributed by atoms with E-state index in [9.17, 15) is 4.39 Å². The summed E-state index contributed by atoms with van der Waals surface area (Å²) in [6, 6.07) is 0.219. The van der Waals surface area contributed by atoms with Crippen molar-refractivity contribution in [2.24, 2.45) is 0 Å². The number of halogens is 1. The van der Waals surface area contributed by atoms with E-state index in [-0.39, 0.29) is 12.1 Å². The summed E-state index contributed by atoms with van der Waals surface area (Å²) < 4.78 is 24.1. The highest BCUT2D eigenvalue weighted by atomic mass is 19.1. The van der Waals surface area contributed by atoms with Gasteiger partial charge in [0.1, 0.15) is 6.10 Å². The molecule has 0 aromatic carbocycles. The largest absolute Gasteiger partial charge is 0.459 e. The van der Waals surface area contributed by atoms with Crippen LogP contribution in [0.25, 0.3) is 0 Å². The molecule has 1 aromatic heterocycles. The molecule has 0 saturated carbocycles. The van der Waals surface area contributed by atoms with Crippen LogP contribution in [-0.4, -0.2) is 53.8 Å². The first kappa shape index (κ1) is 15.9. The van der Waals surface area contributed by atoms with E-state index in [2.05, 4.69) is 21.4 Å². The van der Waals surface area contributed by atoms with Crippen molar-refractivity contribution in [3.05, 3.63) is 30.9 Å². The molecule has 0 amide bonds. The standard InChI is InChI=1S/C15H22FN3O2/c1-2-3-5-14(12-19-6-4-8-20-9-7-19)21-15-17-10-13(16)11-18-15/h2,10-11,14H,1,3-9,12H2/t14-/m1/s1. The van der Waals surface area contributed by atoms with E-state index >= 15 is 0 Å². The quantitative estimate of drug-likeness (QED) is 0.721. The molecule has 0 unspecified atom stereocenters. The van der Waals surface area contributed by atoms with Crippen LogP contribution in [0.2, 0.25) is 0 Å². The summed E-state index contributed by atoms with van der Waals surface area (Å²) in [5.41, 5.74) is 0. The first-order valence-electron chi connectivity index (χ1n) is 7.33. The molecule has 21 heavy (non-hydrogen) atoms. The van der Waals surface area contributed by atoms with Crippen LogP contribution in [0.4, 0.5) is 4.39 Å². The van der Waals surface area contributed by atoms with Crippen molar-refractivity contribution in [3.8, 4) is 6.01 Å². The molecule has 116 valence electrons. The van der Waals surface area contributed by atoms with Crippen molar-refractivity contribution in [2.45, 2.75) is 25.4 Å². The highest BCUT2D eigenvalue weighted by Gasteiger charge is 2.18. The Morgan fingerprint density at radius 1 is 1.38 bits per heavy atom. The average Bonchev–Trinajstić information content (AvgIpc) is 2.76. The zero-order valence-electron chi connectivity index (χ0n) is 12.2. The number of hydrogen-bond acceptors (Lipinski definition) is 5. The molecule has 0 radical (unpaired) electrons. The summed E-state index contributed by atoms with van der Waals surface area (Å²) >= 11 is 0. The molecule has 2 heterocycles. The maximum absolute atomic E-state index is 12.8. The Kier molecular flexibility index (Phi) is 6.56. The lowest BCUT2D eigenvalue weighted by molar-refractivity contribution is 0.106. The third-order valence-corrected chi connectivity index (χ3v) is 3.34. The van der Waals surface area contributed by atoms with Crippen LogP contribution in [0.5, 0.6) is 6.01 Å². The van der Waals surface area contributed by atoms with Gasteiger partial charge in [0.2, 0.25) is 0 Å². The number of hydrogen-bond donors (Lipinski definition) is 0. The third-order valence-electron chi connectivity index (χ3n) is 3.34. The number of allylic oxidation sites excluding steroid dienone is 1. The molecule has 1 aliphatic rings. The van der Waals surface area contributed by atoms with Gasteiger partial charge in [-0.2, -0.15) is 0 Å². The van der Waals surface area contributed by atoms with Crippen LogP contribution in [0.3, 0.4) is 0 Å². The lowest BCUT2D eigenvalue weighted by Crippen LogP contribution is -2.37. The van der Waals surface area contributed by atoms with Crippen molar-refractivity contribution >= 4 is 0 Å². The number of nitrogens with zero attached hydrogens (tertiary/aromatic N) is 3. The van der Waals surface area contributed by atoms with Crippen LogP contribution in [0.15, 0.2) is 25.0 Å². The first-order valence-corrected chi connectivity index (χ1v) is 7.33. The van der Waals surface area contributed by atoms with Crippen molar-refractivity contribution in [2.75, 3.05) is 32.8 Å². The summed E-state index contributed by atoms with van der Waals surface area (Å²) in [6.45, 7) is 8.00. The summed E-state index contributed by atoms with van der Waals surface area (Å²) in [5, 5.41) is 0. The second-order valence-electron chi connectivity index (χ2n) is 5.06. The molecule has 1 fully saturated rings. The molecule has 1 saturated heterocycles. The van der Waals surface area contributed by atoms with Gasteiger partial charge in [-0.15, -0.1) is 6.58 Å². The zero-order chi connectivity index (χ0) is 14.9. The molecule has 0 spiro atoms. The van der Waals surface area contributed by atoms with Gasteiger partial charge in [-0.1, -0.05) is 6.08 Å². The van der Waals surface area contributed by atoms with Crippen molar-refractivity contribution in [3.63, 3.8) is 0 Å². The Balaban J connectivity index is 1.92. The summed E-state index contributed by atoms with van der Waals surface area (Å²) in [4.78, 5) is 10.0. The molecule has 0 aliphatic carbocycles. The Morgan fingerprint density at radius 3 is 2.95 bits per heavy atom. The molecule has 1 aromatic rings. The van der Waals surface area contributed by atoms with Gasteiger partial charge in [0.15, 0.2) is 5.82 Å². The van der Waals surface area contributed by atoms with Gasteiger partial charge in [0, 0.05) is 26.2 Å². The summed E-state index contributed by atoms with van der Waals surface area (Å²) in [7, 11) is 0. The van der Waals surface area contributed by atoms with Gasteiger partial charge < -0.3 is 9.47 Å². The fourth-order valence-electron chi connectivity index (χ4n) is 2.27. The second kappa shape index (κ2) is 8.69. The number of ether oxygens (including phenoxy) is 2. The van der Waals surface area contributed by atoms with Crippen LogP contribution in [0.1, 0.15) is 19.3 Å². The minimum atomic E-state index is -0.463. The maximum atomic E-state index is 12.8. The predicted molar refractivity (Wildman–Crippen MR) is 77.7 cm³/mol. The van der Waals surface area contributed by atoms with E-state index < -0.39 is 5.82 Å². The number of rotatable bonds is 7. The Hall–Kier alpha value is -1.53. The predicted octanol–water partition coefficient (Wildman–Crippen LogP) is 2.05. The van der Waals surface area contributed by atoms with Crippen molar-refractivity contribution in [1.29, 1.82) is 0 Å². The summed E-state index contributed by atoms with van der Waals surface area (Å²) in [5.74, 6) is -0.463. The smallest absolute Gasteiger partial charge is 0.316 e. The van der Waals surface area contributed by atoms with E-state index in [0.717, 1.165) is 64.5 Å². The third kappa shape index (κ3) is 5.77. The lowest BCUT2D eigenvalue weighted by atomic mass is 10.2. The normalized spacial score (nSPS) is 18.0. The maximum Gasteiger partial charge on any atom is 0.316 e.